The Morgan fingerprint density at radius 3 is 2.44 bits per heavy atom. The van der Waals surface area contributed by atoms with E-state index in [1.807, 2.05) is 0 Å². The zero-order valence-electron chi connectivity index (χ0n) is 21.9. The molecular weight excluding hydrogens is 544 g/mol. The number of amides is 1. The van der Waals surface area contributed by atoms with Crippen molar-refractivity contribution in [2.24, 2.45) is 0 Å². The smallest absolute Gasteiger partial charge is 0.372 e. The van der Waals surface area contributed by atoms with Gasteiger partial charge in [-0.3, -0.25) is 4.79 Å². The van der Waals surface area contributed by atoms with Crippen molar-refractivity contribution in [1.82, 2.24) is 24.8 Å². The zero-order valence-corrected chi connectivity index (χ0v) is 21.9. The summed E-state index contributed by atoms with van der Waals surface area (Å²) in [6, 6.07) is 4.09. The van der Waals surface area contributed by atoms with Crippen LogP contribution in [0.3, 0.4) is 0 Å². The number of halogens is 5. The molecular formula is C25H22B3F5N6O2. The number of carbonyl (C=O) groups excluding carboxylic acids is 1. The van der Waals surface area contributed by atoms with E-state index in [4.69, 9.17) is 28.3 Å². The Balaban J connectivity index is 1.70. The van der Waals surface area contributed by atoms with Crippen LogP contribution in [0, 0.1) is 0 Å². The highest BCUT2D eigenvalue weighted by atomic mass is 19.4. The molecule has 1 saturated heterocycles. The molecule has 41 heavy (non-hydrogen) atoms. The summed E-state index contributed by atoms with van der Waals surface area (Å²) in [6.45, 7) is 3.29. The van der Waals surface area contributed by atoms with Gasteiger partial charge in [-0.15, -0.1) is 0 Å². The van der Waals surface area contributed by atoms with E-state index in [-0.39, 0.29) is 35.9 Å². The van der Waals surface area contributed by atoms with Gasteiger partial charge in [-0.25, -0.2) is 28.7 Å². The van der Waals surface area contributed by atoms with Gasteiger partial charge < -0.3 is 15.0 Å². The van der Waals surface area contributed by atoms with Gasteiger partial charge in [0.15, 0.2) is 5.82 Å². The highest BCUT2D eigenvalue weighted by molar-refractivity contribution is 6.58. The van der Waals surface area contributed by atoms with E-state index in [9.17, 15) is 26.7 Å². The van der Waals surface area contributed by atoms with Gasteiger partial charge >= 0.3 is 6.18 Å². The second kappa shape index (κ2) is 11.7. The average molecular weight is 566 g/mol. The van der Waals surface area contributed by atoms with Crippen LogP contribution < -0.4 is 5.32 Å². The molecule has 1 aliphatic rings. The van der Waals surface area contributed by atoms with E-state index in [2.05, 4.69) is 25.3 Å². The van der Waals surface area contributed by atoms with Crippen LogP contribution in [0.1, 0.15) is 47.6 Å². The van der Waals surface area contributed by atoms with Gasteiger partial charge in [-0.05, 0) is 38.1 Å². The summed E-state index contributed by atoms with van der Waals surface area (Å²) in [7, 11) is 17.5. The molecule has 208 valence electrons. The van der Waals surface area contributed by atoms with Gasteiger partial charge in [0.25, 0.3) is 12.3 Å². The van der Waals surface area contributed by atoms with Crippen molar-refractivity contribution in [2.45, 2.75) is 49.8 Å². The Labute approximate surface area is 236 Å². The number of hydrogen-bond donors (Lipinski definition) is 1. The molecule has 8 nitrogen and oxygen atoms in total. The van der Waals surface area contributed by atoms with Crippen LogP contribution in [0.25, 0.3) is 11.4 Å². The highest BCUT2D eigenvalue weighted by Gasteiger charge is 2.38. The molecule has 2 unspecified atom stereocenters. The molecule has 1 aliphatic heterocycles. The van der Waals surface area contributed by atoms with Gasteiger partial charge in [0.05, 0.1) is 58.5 Å². The molecule has 4 heterocycles. The summed E-state index contributed by atoms with van der Waals surface area (Å²) >= 11 is 0. The predicted octanol–water partition coefficient (Wildman–Crippen LogP) is 3.24. The Kier molecular flexibility index (Phi) is 8.71. The van der Waals surface area contributed by atoms with Crippen LogP contribution in [0.5, 0.6) is 0 Å². The normalized spacial score (nSPS) is 19.8. The van der Waals surface area contributed by atoms with Crippen molar-refractivity contribution in [3.05, 3.63) is 65.4 Å². The topological polar surface area (TPSA) is 93.1 Å². The number of aromatic nitrogens is 4. The standard InChI is InChI=1S/C25H22B3F5N6O2/c1-12-11-39(23(40)19-15(21-34-6-3-7-35-21)4-5-18(38-19)24(26,27)28)17(13(2)41-12)10-37-22-16(20(29)30)8-14(9-36-22)25(31,32)33/h3-9,12-13,17,20H,10-11H2,1-2H3,(H,36,37)/t12?,13-,17?/m0/s1. The van der Waals surface area contributed by atoms with Gasteiger partial charge in [0, 0.05) is 37.4 Å². The maximum atomic E-state index is 14.1. The van der Waals surface area contributed by atoms with E-state index in [1.54, 1.807) is 19.9 Å². The molecule has 1 fully saturated rings. The van der Waals surface area contributed by atoms with Crippen LogP contribution in [-0.2, 0) is 16.0 Å². The molecule has 0 aliphatic carbocycles. The number of nitrogens with one attached hydrogen (secondary N) is 1. The number of pyridine rings is 2. The second-order valence-corrected chi connectivity index (χ2v) is 9.62. The maximum Gasteiger partial charge on any atom is 0.417 e. The lowest BCUT2D eigenvalue weighted by Gasteiger charge is -2.43. The molecule has 3 atom stereocenters. The average Bonchev–Trinajstić information content (AvgIpc) is 2.90. The van der Waals surface area contributed by atoms with Crippen molar-refractivity contribution in [3.8, 4) is 11.4 Å². The number of nitrogens with zero attached hydrogens (tertiary/aromatic N) is 5. The Hall–Kier alpha value is -3.55. The molecule has 6 radical (unpaired) electrons. The fourth-order valence-corrected chi connectivity index (χ4v) is 4.45. The molecule has 3 aromatic rings. The summed E-state index contributed by atoms with van der Waals surface area (Å²) in [5, 5.41) is 0.792. The zero-order chi connectivity index (χ0) is 30.1. The van der Waals surface area contributed by atoms with Gasteiger partial charge in [0.2, 0.25) is 0 Å². The first kappa shape index (κ1) is 30.4. The minimum atomic E-state index is -4.85. The first-order valence-electron chi connectivity index (χ1n) is 12.4. The van der Waals surface area contributed by atoms with Gasteiger partial charge in [-0.2, -0.15) is 13.2 Å². The first-order chi connectivity index (χ1) is 19.2. The number of alkyl halides is 5. The minimum Gasteiger partial charge on any atom is -0.372 e. The Bertz CT molecular complexity index is 1390. The van der Waals surface area contributed by atoms with Crippen molar-refractivity contribution >= 4 is 35.3 Å². The highest BCUT2D eigenvalue weighted by Crippen LogP contribution is 2.34. The van der Waals surface area contributed by atoms with Gasteiger partial charge in [-0.1, -0.05) is 5.11 Å². The van der Waals surface area contributed by atoms with Crippen molar-refractivity contribution in [1.29, 1.82) is 0 Å². The number of morpholine rings is 1. The van der Waals surface area contributed by atoms with Crippen molar-refractivity contribution in [2.75, 3.05) is 18.4 Å². The fraction of sp³-hybridized carbons (Fsp3) is 0.400. The fourth-order valence-electron chi connectivity index (χ4n) is 4.45. The van der Waals surface area contributed by atoms with Crippen LogP contribution in [0.4, 0.5) is 27.8 Å². The van der Waals surface area contributed by atoms with E-state index in [0.717, 1.165) is 0 Å². The number of hydrogen-bond acceptors (Lipinski definition) is 7. The predicted molar refractivity (Wildman–Crippen MR) is 142 cm³/mol. The third-order valence-electron chi connectivity index (χ3n) is 6.41. The molecule has 3 aromatic heterocycles. The number of ether oxygens (including phenoxy) is 1. The largest absolute Gasteiger partial charge is 0.417 e. The van der Waals surface area contributed by atoms with E-state index in [1.165, 1.54) is 29.4 Å². The summed E-state index contributed by atoms with van der Waals surface area (Å²) in [4.78, 5) is 31.8. The first-order valence-corrected chi connectivity index (χ1v) is 12.4. The molecule has 16 heteroatoms. The molecule has 0 aromatic carbocycles. The summed E-state index contributed by atoms with van der Waals surface area (Å²) in [6.07, 6.45) is -5.73. The quantitative estimate of drug-likeness (QED) is 0.347. The maximum absolute atomic E-state index is 14.1. The number of carbonyl (C=O) groups is 1. The van der Waals surface area contributed by atoms with Crippen LogP contribution in [0.15, 0.2) is 42.9 Å². The van der Waals surface area contributed by atoms with Crippen molar-refractivity contribution in [3.63, 3.8) is 0 Å². The molecule has 1 N–H and O–H groups in total. The minimum absolute atomic E-state index is 0.0000853. The Morgan fingerprint density at radius 1 is 1.15 bits per heavy atom. The molecule has 1 amide bonds. The molecule has 0 saturated carbocycles. The molecule has 0 bridgehead atoms. The third kappa shape index (κ3) is 6.86. The molecule has 0 spiro atoms. The molecule has 4 rings (SSSR count). The second-order valence-electron chi connectivity index (χ2n) is 9.62. The third-order valence-corrected chi connectivity index (χ3v) is 6.41. The van der Waals surface area contributed by atoms with E-state index < -0.39 is 58.8 Å². The lowest BCUT2D eigenvalue weighted by Crippen LogP contribution is -2.58. The van der Waals surface area contributed by atoms with E-state index in [0.29, 0.717) is 12.3 Å². The number of anilines is 1. The van der Waals surface area contributed by atoms with Gasteiger partial charge in [0.1, 0.15) is 11.5 Å². The van der Waals surface area contributed by atoms with Crippen molar-refractivity contribution < 1.29 is 31.5 Å². The van der Waals surface area contributed by atoms with Crippen LogP contribution >= 0.6 is 0 Å². The SMILES string of the molecule is [B]C([B])([B])c1ccc(-c2ncccn2)c(C(=O)N2CC(C)O[C@@H](C)C2CNc2ncc(C(F)(F)F)cc2C(F)F)n1. The lowest BCUT2D eigenvalue weighted by atomic mass is 9.41. The Morgan fingerprint density at radius 2 is 1.83 bits per heavy atom. The van der Waals surface area contributed by atoms with Crippen LogP contribution in [0.2, 0.25) is 0 Å². The lowest BCUT2D eigenvalue weighted by molar-refractivity contribution is -0.137. The summed E-state index contributed by atoms with van der Waals surface area (Å²) < 4.78 is 72.5. The summed E-state index contributed by atoms with van der Waals surface area (Å²) in [5.41, 5.74) is -2.10. The van der Waals surface area contributed by atoms with Crippen LogP contribution in [-0.4, -0.2) is 85.6 Å². The summed E-state index contributed by atoms with van der Waals surface area (Å²) in [5.74, 6) is -0.878. The van der Waals surface area contributed by atoms with E-state index >= 15 is 0 Å². The monoisotopic (exact) mass is 566 g/mol. The number of rotatable bonds is 7.